The number of hydrogen-bond donors (Lipinski definition) is 1. The Bertz CT molecular complexity index is 765. The van der Waals surface area contributed by atoms with E-state index < -0.39 is 0 Å². The van der Waals surface area contributed by atoms with Crippen molar-refractivity contribution >= 4 is 11.8 Å². The first-order valence-corrected chi connectivity index (χ1v) is 11.2. The molecule has 4 rings (SSSR count). The molecule has 3 saturated heterocycles. The number of likely N-dealkylation sites (tertiary alicyclic amines) is 2. The minimum absolute atomic E-state index is 0.0170. The second-order valence-electron chi connectivity index (χ2n) is 9.97. The Labute approximate surface area is 174 Å². The summed E-state index contributed by atoms with van der Waals surface area (Å²) in [5.74, 6) is 1.07. The number of hydrogen-bond acceptors (Lipinski definition) is 3. The van der Waals surface area contributed by atoms with E-state index in [1.807, 2.05) is 4.90 Å². The van der Waals surface area contributed by atoms with Gasteiger partial charge in [0.1, 0.15) is 0 Å². The Morgan fingerprint density at radius 2 is 1.79 bits per heavy atom. The van der Waals surface area contributed by atoms with Crippen LogP contribution in [-0.4, -0.2) is 60.9 Å². The van der Waals surface area contributed by atoms with Crippen LogP contribution in [0, 0.1) is 23.7 Å². The summed E-state index contributed by atoms with van der Waals surface area (Å²) in [7, 11) is 0. The third-order valence-electron chi connectivity index (χ3n) is 7.48. The standard InChI is InChI=1S/C24H35N3O2/c1-18(2)15-26-16-23(24(17-26)8-11-25-22(24)29)9-12-27(13-10-23)21(28)14-20-6-4-19(3)5-7-20/h4-7,18H,8-17H2,1-3H3,(H,25,29). The number of amides is 2. The molecule has 29 heavy (non-hydrogen) atoms. The zero-order chi connectivity index (χ0) is 20.6. The zero-order valence-corrected chi connectivity index (χ0v) is 18.2. The first-order chi connectivity index (χ1) is 13.8. The molecule has 2 amide bonds. The van der Waals surface area contributed by atoms with Crippen molar-refractivity contribution < 1.29 is 9.59 Å². The summed E-state index contributed by atoms with van der Waals surface area (Å²) in [6.45, 7) is 11.8. The largest absolute Gasteiger partial charge is 0.356 e. The van der Waals surface area contributed by atoms with E-state index in [4.69, 9.17) is 0 Å². The van der Waals surface area contributed by atoms with E-state index >= 15 is 0 Å². The Morgan fingerprint density at radius 3 is 2.38 bits per heavy atom. The molecule has 3 aliphatic rings. The second kappa shape index (κ2) is 7.75. The molecule has 0 saturated carbocycles. The third kappa shape index (κ3) is 3.70. The van der Waals surface area contributed by atoms with Gasteiger partial charge >= 0.3 is 0 Å². The Kier molecular flexibility index (Phi) is 5.45. The number of nitrogens with zero attached hydrogens (tertiary/aromatic N) is 2. The molecule has 0 bridgehead atoms. The predicted octanol–water partition coefficient (Wildman–Crippen LogP) is 2.62. The zero-order valence-electron chi connectivity index (χ0n) is 18.2. The molecule has 5 nitrogen and oxygen atoms in total. The van der Waals surface area contributed by atoms with Crippen LogP contribution in [-0.2, 0) is 16.0 Å². The van der Waals surface area contributed by atoms with E-state index in [-0.39, 0.29) is 22.6 Å². The van der Waals surface area contributed by atoms with Crippen molar-refractivity contribution in [1.82, 2.24) is 15.1 Å². The fourth-order valence-corrected chi connectivity index (χ4v) is 5.97. The van der Waals surface area contributed by atoms with Crippen LogP contribution in [0.25, 0.3) is 0 Å². The predicted molar refractivity (Wildman–Crippen MR) is 114 cm³/mol. The summed E-state index contributed by atoms with van der Waals surface area (Å²) in [4.78, 5) is 30.4. The number of piperidine rings is 1. The van der Waals surface area contributed by atoms with E-state index in [0.29, 0.717) is 12.3 Å². The molecule has 0 aromatic heterocycles. The number of carbonyl (C=O) groups is 2. The van der Waals surface area contributed by atoms with E-state index in [1.54, 1.807) is 0 Å². The highest BCUT2D eigenvalue weighted by molar-refractivity contribution is 5.86. The monoisotopic (exact) mass is 397 g/mol. The van der Waals surface area contributed by atoms with Crippen LogP contribution < -0.4 is 5.32 Å². The number of rotatable bonds is 4. The van der Waals surface area contributed by atoms with Crippen LogP contribution in [0.3, 0.4) is 0 Å². The number of nitrogens with one attached hydrogen (secondary N) is 1. The number of fused-ring (bicyclic) bond motifs is 1. The van der Waals surface area contributed by atoms with E-state index in [2.05, 4.69) is 55.3 Å². The molecule has 158 valence electrons. The second-order valence-corrected chi connectivity index (χ2v) is 9.97. The highest BCUT2D eigenvalue weighted by Crippen LogP contribution is 2.56. The molecule has 3 aliphatic heterocycles. The molecule has 3 heterocycles. The molecule has 0 radical (unpaired) electrons. The SMILES string of the molecule is Cc1ccc(CC(=O)N2CCC3(CC2)CN(CC(C)C)CC32CCNC2=O)cc1. The van der Waals surface area contributed by atoms with Crippen LogP contribution in [0.4, 0.5) is 0 Å². The van der Waals surface area contributed by atoms with E-state index in [1.165, 1.54) is 5.56 Å². The van der Waals surface area contributed by atoms with Gasteiger partial charge in [-0.25, -0.2) is 0 Å². The quantitative estimate of drug-likeness (QED) is 0.850. The van der Waals surface area contributed by atoms with Gasteiger partial charge in [-0.15, -0.1) is 0 Å². The Balaban J connectivity index is 1.45. The molecular weight excluding hydrogens is 362 g/mol. The van der Waals surface area contributed by atoms with Crippen LogP contribution in [0.5, 0.6) is 0 Å². The lowest BCUT2D eigenvalue weighted by molar-refractivity contribution is -0.138. The maximum absolute atomic E-state index is 13.0. The van der Waals surface area contributed by atoms with E-state index in [0.717, 1.165) is 64.1 Å². The summed E-state index contributed by atoms with van der Waals surface area (Å²) < 4.78 is 0. The number of carbonyl (C=O) groups excluding carboxylic acids is 2. The molecule has 1 atom stereocenters. The fraction of sp³-hybridized carbons (Fsp3) is 0.667. The maximum Gasteiger partial charge on any atom is 0.228 e. The van der Waals surface area contributed by atoms with Gasteiger partial charge < -0.3 is 15.1 Å². The molecule has 3 fully saturated rings. The van der Waals surface area contributed by atoms with Gasteiger partial charge in [-0.2, -0.15) is 0 Å². The van der Waals surface area contributed by atoms with E-state index in [9.17, 15) is 9.59 Å². The highest BCUT2D eigenvalue weighted by Gasteiger charge is 2.63. The van der Waals surface area contributed by atoms with Gasteiger partial charge in [0.25, 0.3) is 0 Å². The molecule has 1 aromatic rings. The lowest BCUT2D eigenvalue weighted by atomic mass is 9.60. The van der Waals surface area contributed by atoms with Crippen molar-refractivity contribution in [2.24, 2.45) is 16.7 Å². The molecule has 1 unspecified atom stereocenters. The molecule has 2 spiro atoms. The van der Waals surface area contributed by atoms with Gasteiger partial charge in [0.05, 0.1) is 11.8 Å². The number of aryl methyl sites for hydroxylation is 1. The maximum atomic E-state index is 13.0. The summed E-state index contributed by atoms with van der Waals surface area (Å²) >= 11 is 0. The number of benzene rings is 1. The first-order valence-electron chi connectivity index (χ1n) is 11.2. The van der Waals surface area contributed by atoms with Crippen LogP contribution in [0.1, 0.15) is 44.2 Å². The minimum Gasteiger partial charge on any atom is -0.356 e. The summed E-state index contributed by atoms with van der Waals surface area (Å²) in [6, 6.07) is 8.24. The molecule has 1 N–H and O–H groups in total. The molecule has 5 heteroatoms. The minimum atomic E-state index is -0.256. The van der Waals surface area contributed by atoms with Crippen molar-refractivity contribution in [2.45, 2.75) is 46.5 Å². The van der Waals surface area contributed by atoms with Crippen molar-refractivity contribution in [3.05, 3.63) is 35.4 Å². The lowest BCUT2D eigenvalue weighted by Crippen LogP contribution is -2.53. The average molecular weight is 398 g/mol. The van der Waals surface area contributed by atoms with Crippen molar-refractivity contribution in [2.75, 3.05) is 39.3 Å². The average Bonchev–Trinajstić information content (AvgIpc) is 3.18. The Morgan fingerprint density at radius 1 is 1.10 bits per heavy atom. The molecule has 1 aromatic carbocycles. The molecular formula is C24H35N3O2. The summed E-state index contributed by atoms with van der Waals surface area (Å²) in [6.07, 6.45) is 3.29. The third-order valence-corrected chi connectivity index (χ3v) is 7.48. The topological polar surface area (TPSA) is 52.7 Å². The fourth-order valence-electron chi connectivity index (χ4n) is 5.97. The van der Waals surface area contributed by atoms with Crippen LogP contribution >= 0.6 is 0 Å². The van der Waals surface area contributed by atoms with Crippen LogP contribution in [0.15, 0.2) is 24.3 Å². The van der Waals surface area contributed by atoms with Gasteiger partial charge in [-0.05, 0) is 37.7 Å². The lowest BCUT2D eigenvalue weighted by Gasteiger charge is -2.46. The normalized spacial score (nSPS) is 26.6. The smallest absolute Gasteiger partial charge is 0.228 e. The van der Waals surface area contributed by atoms with Gasteiger partial charge in [0.2, 0.25) is 11.8 Å². The Hall–Kier alpha value is -1.88. The summed E-state index contributed by atoms with van der Waals surface area (Å²) in [5.41, 5.74) is 2.06. The van der Waals surface area contributed by atoms with Gasteiger partial charge in [0.15, 0.2) is 0 Å². The summed E-state index contributed by atoms with van der Waals surface area (Å²) in [5, 5.41) is 3.12. The highest BCUT2D eigenvalue weighted by atomic mass is 16.2. The first kappa shape index (κ1) is 20.4. The van der Waals surface area contributed by atoms with Crippen molar-refractivity contribution in [3.8, 4) is 0 Å². The van der Waals surface area contributed by atoms with Gasteiger partial charge in [-0.3, -0.25) is 9.59 Å². The van der Waals surface area contributed by atoms with Gasteiger partial charge in [0, 0.05) is 44.7 Å². The van der Waals surface area contributed by atoms with Crippen molar-refractivity contribution in [1.29, 1.82) is 0 Å². The van der Waals surface area contributed by atoms with Gasteiger partial charge in [-0.1, -0.05) is 43.7 Å². The molecule has 0 aliphatic carbocycles. The van der Waals surface area contributed by atoms with Crippen LogP contribution in [0.2, 0.25) is 0 Å². The van der Waals surface area contributed by atoms with Crippen molar-refractivity contribution in [3.63, 3.8) is 0 Å².